The number of para-hydroxylation sites is 2. The molecule has 0 radical (unpaired) electrons. The molecule has 0 bridgehead atoms. The van der Waals surface area contributed by atoms with Crippen molar-refractivity contribution < 1.29 is 9.47 Å². The molecule has 0 saturated carbocycles. The zero-order valence-corrected chi connectivity index (χ0v) is 15.5. The Morgan fingerprint density at radius 2 is 1.67 bits per heavy atom. The molecule has 1 atom stereocenters. The summed E-state index contributed by atoms with van der Waals surface area (Å²) in [6, 6.07) is 9.59. The van der Waals surface area contributed by atoms with Crippen LogP contribution in [0.4, 0.5) is 11.1 Å². The topological polar surface area (TPSA) is 63.6 Å². The van der Waals surface area contributed by atoms with E-state index in [9.17, 15) is 0 Å². The molecule has 138 valence electrons. The Morgan fingerprint density at radius 3 is 2.48 bits per heavy atom. The van der Waals surface area contributed by atoms with Crippen LogP contribution in [0.5, 0.6) is 11.5 Å². The van der Waals surface area contributed by atoms with Gasteiger partial charge in [0.15, 0.2) is 22.7 Å². The number of hydrogen-bond donors (Lipinski definition) is 0. The third kappa shape index (κ3) is 3.28. The summed E-state index contributed by atoms with van der Waals surface area (Å²) in [4.78, 5) is 18.0. The maximum absolute atomic E-state index is 6.07. The Kier molecular flexibility index (Phi) is 4.25. The van der Waals surface area contributed by atoms with Gasteiger partial charge in [0.25, 0.3) is 0 Å². The molecule has 5 rings (SSSR count). The lowest BCUT2D eigenvalue weighted by atomic mass is 10.2. The number of hydrogen-bond acceptors (Lipinski definition) is 8. The number of anilines is 2. The van der Waals surface area contributed by atoms with Crippen molar-refractivity contribution in [2.45, 2.75) is 6.10 Å². The highest BCUT2D eigenvalue weighted by molar-refractivity contribution is 7.13. The van der Waals surface area contributed by atoms with Crippen LogP contribution in [-0.2, 0) is 0 Å². The van der Waals surface area contributed by atoms with E-state index in [1.165, 1.54) is 0 Å². The van der Waals surface area contributed by atoms with Gasteiger partial charge in [0, 0.05) is 44.0 Å². The lowest BCUT2D eigenvalue weighted by Crippen LogP contribution is -2.47. The Balaban J connectivity index is 1.24. The fourth-order valence-corrected chi connectivity index (χ4v) is 4.21. The number of aromatic nitrogens is 3. The Labute approximate surface area is 161 Å². The summed E-state index contributed by atoms with van der Waals surface area (Å²) >= 11 is 1.66. The Bertz CT molecular complexity index is 911. The van der Waals surface area contributed by atoms with Gasteiger partial charge < -0.3 is 19.3 Å². The van der Waals surface area contributed by atoms with Crippen LogP contribution < -0.4 is 19.3 Å². The van der Waals surface area contributed by atoms with Gasteiger partial charge in [-0.3, -0.25) is 0 Å². The molecule has 7 nitrogen and oxygen atoms in total. The molecule has 2 aromatic heterocycles. The van der Waals surface area contributed by atoms with Gasteiger partial charge in [-0.05, 0) is 18.2 Å². The molecule has 2 aliphatic heterocycles. The first-order chi connectivity index (χ1) is 13.4. The van der Waals surface area contributed by atoms with E-state index >= 15 is 0 Å². The predicted octanol–water partition coefficient (Wildman–Crippen LogP) is 2.77. The van der Waals surface area contributed by atoms with Crippen LogP contribution >= 0.6 is 11.3 Å². The maximum atomic E-state index is 6.07. The van der Waals surface area contributed by atoms with Crippen LogP contribution in [0, 0.1) is 0 Å². The van der Waals surface area contributed by atoms with Gasteiger partial charge in [-0.2, -0.15) is 0 Å². The van der Waals surface area contributed by atoms with Gasteiger partial charge in [-0.25, -0.2) is 15.0 Å². The van der Waals surface area contributed by atoms with Crippen LogP contribution in [0.1, 0.15) is 11.8 Å². The first-order valence-electron chi connectivity index (χ1n) is 8.98. The minimum absolute atomic E-state index is 0.163. The quantitative estimate of drug-likeness (QED) is 0.691. The van der Waals surface area contributed by atoms with Gasteiger partial charge in [-0.15, -0.1) is 11.3 Å². The molecule has 0 amide bonds. The number of thiazole rings is 1. The van der Waals surface area contributed by atoms with Crippen LogP contribution in [0.25, 0.3) is 0 Å². The SMILES string of the molecule is c1cnc(N2CCN(c3nc(C4COc5ccccc5O4)cs3)CC2)nc1. The van der Waals surface area contributed by atoms with Gasteiger partial charge in [0.2, 0.25) is 5.95 Å². The van der Waals surface area contributed by atoms with Crippen LogP contribution in [0.15, 0.2) is 48.1 Å². The molecule has 1 fully saturated rings. The van der Waals surface area contributed by atoms with E-state index in [1.54, 1.807) is 23.7 Å². The monoisotopic (exact) mass is 381 g/mol. The van der Waals surface area contributed by atoms with Crippen molar-refractivity contribution in [3.05, 3.63) is 53.8 Å². The summed E-state index contributed by atoms with van der Waals surface area (Å²) in [6.07, 6.45) is 3.40. The molecule has 3 aromatic rings. The van der Waals surface area contributed by atoms with Crippen molar-refractivity contribution in [1.82, 2.24) is 15.0 Å². The molecular formula is C19H19N5O2S. The van der Waals surface area contributed by atoms with Gasteiger partial charge in [-0.1, -0.05) is 12.1 Å². The lowest BCUT2D eigenvalue weighted by Gasteiger charge is -2.34. The van der Waals surface area contributed by atoms with Gasteiger partial charge >= 0.3 is 0 Å². The number of piperazine rings is 1. The molecule has 2 aliphatic rings. The molecular weight excluding hydrogens is 362 g/mol. The molecule has 8 heteroatoms. The maximum Gasteiger partial charge on any atom is 0.225 e. The van der Waals surface area contributed by atoms with Gasteiger partial charge in [0.1, 0.15) is 6.61 Å². The first kappa shape index (κ1) is 16.3. The highest BCUT2D eigenvalue weighted by Crippen LogP contribution is 2.37. The summed E-state index contributed by atoms with van der Waals surface area (Å²) < 4.78 is 11.9. The van der Waals surface area contributed by atoms with E-state index in [0.29, 0.717) is 6.61 Å². The average molecular weight is 381 g/mol. The Hall–Kier alpha value is -2.87. The van der Waals surface area contributed by atoms with Gasteiger partial charge in [0.05, 0.1) is 5.69 Å². The summed E-state index contributed by atoms with van der Waals surface area (Å²) in [5, 5.41) is 3.10. The number of ether oxygens (including phenoxy) is 2. The van der Waals surface area contributed by atoms with Crippen molar-refractivity contribution in [1.29, 1.82) is 0 Å². The van der Waals surface area contributed by atoms with Crippen molar-refractivity contribution in [3.8, 4) is 11.5 Å². The fraction of sp³-hybridized carbons (Fsp3) is 0.316. The largest absolute Gasteiger partial charge is 0.485 e. The van der Waals surface area contributed by atoms with E-state index in [1.807, 2.05) is 30.3 Å². The molecule has 0 aliphatic carbocycles. The van der Waals surface area contributed by atoms with E-state index in [0.717, 1.165) is 54.5 Å². The molecule has 1 unspecified atom stereocenters. The third-order valence-corrected chi connectivity index (χ3v) is 5.65. The fourth-order valence-electron chi connectivity index (χ4n) is 3.29. The van der Waals surface area contributed by atoms with E-state index in [-0.39, 0.29) is 6.10 Å². The highest BCUT2D eigenvalue weighted by atomic mass is 32.1. The molecule has 1 aromatic carbocycles. The zero-order valence-electron chi connectivity index (χ0n) is 14.7. The minimum Gasteiger partial charge on any atom is -0.485 e. The number of benzene rings is 1. The Morgan fingerprint density at radius 1 is 0.926 bits per heavy atom. The summed E-state index contributed by atoms with van der Waals surface area (Å²) in [7, 11) is 0. The molecule has 27 heavy (non-hydrogen) atoms. The first-order valence-corrected chi connectivity index (χ1v) is 9.85. The van der Waals surface area contributed by atoms with E-state index in [4.69, 9.17) is 14.5 Å². The molecule has 0 spiro atoms. The zero-order chi connectivity index (χ0) is 18.1. The van der Waals surface area contributed by atoms with E-state index in [2.05, 4.69) is 25.1 Å². The lowest BCUT2D eigenvalue weighted by molar-refractivity contribution is 0.0888. The normalized spacial score (nSPS) is 19.2. The van der Waals surface area contributed by atoms with E-state index < -0.39 is 0 Å². The van der Waals surface area contributed by atoms with Crippen molar-refractivity contribution in [3.63, 3.8) is 0 Å². The van der Waals surface area contributed by atoms with Crippen molar-refractivity contribution in [2.75, 3.05) is 42.6 Å². The predicted molar refractivity (Wildman–Crippen MR) is 104 cm³/mol. The van der Waals surface area contributed by atoms with Crippen molar-refractivity contribution >= 4 is 22.4 Å². The average Bonchev–Trinajstić information content (AvgIpc) is 3.24. The summed E-state index contributed by atoms with van der Waals surface area (Å²) in [5.74, 6) is 2.37. The van der Waals surface area contributed by atoms with Crippen LogP contribution in [0.3, 0.4) is 0 Å². The number of nitrogens with zero attached hydrogens (tertiary/aromatic N) is 5. The second-order valence-electron chi connectivity index (χ2n) is 6.44. The summed E-state index contributed by atoms with van der Waals surface area (Å²) in [5.41, 5.74) is 0.929. The number of rotatable bonds is 3. The van der Waals surface area contributed by atoms with Crippen molar-refractivity contribution in [2.24, 2.45) is 0 Å². The van der Waals surface area contributed by atoms with Crippen LogP contribution in [0.2, 0.25) is 0 Å². The highest BCUT2D eigenvalue weighted by Gasteiger charge is 2.26. The second kappa shape index (κ2) is 7.03. The molecule has 0 N–H and O–H groups in total. The smallest absolute Gasteiger partial charge is 0.225 e. The second-order valence-corrected chi connectivity index (χ2v) is 7.28. The molecule has 4 heterocycles. The third-order valence-electron chi connectivity index (χ3n) is 4.73. The number of fused-ring (bicyclic) bond motifs is 1. The summed E-state index contributed by atoms with van der Waals surface area (Å²) in [6.45, 7) is 4.05. The molecule has 1 saturated heterocycles. The standard InChI is InChI=1S/C19H19N5O2S/c1-2-5-16-15(4-1)25-12-17(26-16)14-13-27-19(22-14)24-10-8-23(9-11-24)18-20-6-3-7-21-18/h1-7,13,17H,8-12H2. The van der Waals surface area contributed by atoms with Crippen LogP contribution in [-0.4, -0.2) is 47.7 Å². The minimum atomic E-state index is -0.163.